The van der Waals surface area contributed by atoms with Crippen molar-refractivity contribution in [2.24, 2.45) is 0 Å². The quantitative estimate of drug-likeness (QED) is 0.695. The third-order valence-electron chi connectivity index (χ3n) is 3.08. The number of ether oxygens (including phenoxy) is 1. The highest BCUT2D eigenvalue weighted by Gasteiger charge is 2.06. The van der Waals surface area contributed by atoms with E-state index in [1.54, 1.807) is 13.3 Å². The highest BCUT2D eigenvalue weighted by atomic mass is 127. The van der Waals surface area contributed by atoms with Gasteiger partial charge in [0.25, 0.3) is 0 Å². The van der Waals surface area contributed by atoms with Crippen LogP contribution in [0.5, 0.6) is 5.75 Å². The number of rotatable bonds is 2. The van der Waals surface area contributed by atoms with Gasteiger partial charge in [0, 0.05) is 11.8 Å². The fourth-order valence-corrected chi connectivity index (χ4v) is 2.27. The molecule has 0 aliphatic rings. The molecule has 0 unspecified atom stereocenters. The minimum atomic E-state index is 0.505. The van der Waals surface area contributed by atoms with E-state index in [-0.39, 0.29) is 0 Å². The van der Waals surface area contributed by atoms with Crippen LogP contribution in [0.1, 0.15) is 0 Å². The van der Waals surface area contributed by atoms with Crippen molar-refractivity contribution in [3.05, 3.63) is 46.2 Å². The summed E-state index contributed by atoms with van der Waals surface area (Å²) < 4.78 is 6.08. The normalized spacial score (nSPS) is 10.7. The molecule has 100 valence electrons. The van der Waals surface area contributed by atoms with Gasteiger partial charge in [0.1, 0.15) is 11.6 Å². The van der Waals surface area contributed by atoms with Crippen molar-refractivity contribution in [2.75, 3.05) is 12.8 Å². The molecule has 0 fully saturated rings. The molecule has 0 saturated heterocycles. The van der Waals surface area contributed by atoms with Crippen molar-refractivity contribution >= 4 is 39.2 Å². The molecule has 2 N–H and O–H groups in total. The number of fused-ring (bicyclic) bond motifs is 1. The van der Waals surface area contributed by atoms with Crippen LogP contribution < -0.4 is 10.5 Å². The van der Waals surface area contributed by atoms with Gasteiger partial charge in [-0.1, -0.05) is 18.2 Å². The molecule has 5 heteroatoms. The molecule has 0 amide bonds. The van der Waals surface area contributed by atoms with Crippen molar-refractivity contribution in [3.8, 4) is 17.1 Å². The maximum atomic E-state index is 5.83. The number of nitrogens with zero attached hydrogens (tertiary/aromatic N) is 2. The second-order valence-electron chi connectivity index (χ2n) is 4.35. The maximum Gasteiger partial charge on any atom is 0.161 e. The highest BCUT2D eigenvalue weighted by molar-refractivity contribution is 14.1. The number of hydrogen-bond acceptors (Lipinski definition) is 4. The maximum absolute atomic E-state index is 5.83. The number of aromatic nitrogens is 2. The Morgan fingerprint density at radius 1 is 1.10 bits per heavy atom. The summed E-state index contributed by atoms with van der Waals surface area (Å²) in [6.07, 6.45) is 1.73. The molecule has 0 radical (unpaired) electrons. The van der Waals surface area contributed by atoms with E-state index in [9.17, 15) is 0 Å². The van der Waals surface area contributed by atoms with Crippen LogP contribution in [-0.4, -0.2) is 17.1 Å². The molecule has 1 heterocycles. The van der Waals surface area contributed by atoms with E-state index in [1.165, 1.54) is 0 Å². The Morgan fingerprint density at radius 3 is 2.60 bits per heavy atom. The highest BCUT2D eigenvalue weighted by Crippen LogP contribution is 2.26. The zero-order valence-electron chi connectivity index (χ0n) is 10.8. The fourth-order valence-electron chi connectivity index (χ4n) is 2.01. The van der Waals surface area contributed by atoms with Gasteiger partial charge in [-0.05, 0) is 51.6 Å². The predicted octanol–water partition coefficient (Wildman–Crippen LogP) is 3.49. The number of methoxy groups -OCH3 is 1. The average Bonchev–Trinajstić information content (AvgIpc) is 2.49. The topological polar surface area (TPSA) is 61.0 Å². The van der Waals surface area contributed by atoms with Crippen molar-refractivity contribution < 1.29 is 4.74 Å². The summed E-state index contributed by atoms with van der Waals surface area (Å²) in [5.41, 5.74) is 6.78. The van der Waals surface area contributed by atoms with Gasteiger partial charge in [0.2, 0.25) is 0 Å². The first-order valence-electron chi connectivity index (χ1n) is 6.03. The molecule has 20 heavy (non-hydrogen) atoms. The summed E-state index contributed by atoms with van der Waals surface area (Å²) in [7, 11) is 1.66. The molecule has 1 aromatic heterocycles. The predicted molar refractivity (Wildman–Crippen MR) is 88.7 cm³/mol. The third kappa shape index (κ3) is 2.40. The molecule has 0 aliphatic carbocycles. The molecule has 4 nitrogen and oxygen atoms in total. The van der Waals surface area contributed by atoms with Gasteiger partial charge in [0.15, 0.2) is 5.82 Å². The van der Waals surface area contributed by atoms with Crippen molar-refractivity contribution in [3.63, 3.8) is 0 Å². The van der Waals surface area contributed by atoms with Gasteiger partial charge in [-0.15, -0.1) is 0 Å². The summed E-state index contributed by atoms with van der Waals surface area (Å²) in [6.45, 7) is 0. The second kappa shape index (κ2) is 5.24. The Labute approximate surface area is 130 Å². The van der Waals surface area contributed by atoms with Gasteiger partial charge in [-0.25, -0.2) is 9.97 Å². The number of benzene rings is 2. The zero-order valence-corrected chi connectivity index (χ0v) is 13.0. The zero-order chi connectivity index (χ0) is 14.1. The van der Waals surface area contributed by atoms with Gasteiger partial charge in [-0.2, -0.15) is 0 Å². The SMILES string of the molecule is COc1ccc2cc(-c3ncc(I)c(N)n3)ccc2c1. The van der Waals surface area contributed by atoms with Gasteiger partial charge in [0.05, 0.1) is 10.7 Å². The molecule has 3 rings (SSSR count). The molecule has 0 aliphatic heterocycles. The van der Waals surface area contributed by atoms with E-state index in [1.807, 2.05) is 30.3 Å². The molecule has 0 atom stereocenters. The minimum absolute atomic E-state index is 0.505. The van der Waals surface area contributed by atoms with Gasteiger partial charge >= 0.3 is 0 Å². The number of halogens is 1. The lowest BCUT2D eigenvalue weighted by atomic mass is 10.1. The molecule has 0 spiro atoms. The first kappa shape index (κ1) is 13.1. The van der Waals surface area contributed by atoms with E-state index in [2.05, 4.69) is 38.6 Å². The monoisotopic (exact) mass is 377 g/mol. The van der Waals surface area contributed by atoms with E-state index in [4.69, 9.17) is 10.5 Å². The molecule has 0 bridgehead atoms. The molecule has 0 saturated carbocycles. The van der Waals surface area contributed by atoms with E-state index >= 15 is 0 Å². The van der Waals surface area contributed by atoms with Crippen molar-refractivity contribution in [1.29, 1.82) is 0 Å². The lowest BCUT2D eigenvalue weighted by Gasteiger charge is -2.06. The largest absolute Gasteiger partial charge is 0.497 e. The van der Waals surface area contributed by atoms with Crippen LogP contribution in [0.15, 0.2) is 42.6 Å². The van der Waals surface area contributed by atoms with E-state index in [0.29, 0.717) is 11.6 Å². The Kier molecular flexibility index (Phi) is 3.43. The van der Waals surface area contributed by atoms with Crippen LogP contribution in [0.25, 0.3) is 22.2 Å². The minimum Gasteiger partial charge on any atom is -0.497 e. The lowest BCUT2D eigenvalue weighted by Crippen LogP contribution is -1.98. The Bertz CT molecular complexity index is 789. The molecular formula is C15H12IN3O. The van der Waals surface area contributed by atoms with Crippen molar-refractivity contribution in [1.82, 2.24) is 9.97 Å². The van der Waals surface area contributed by atoms with Crippen LogP contribution in [-0.2, 0) is 0 Å². The van der Waals surface area contributed by atoms with Crippen molar-refractivity contribution in [2.45, 2.75) is 0 Å². The molecule has 2 aromatic carbocycles. The average molecular weight is 377 g/mol. The standard InChI is InChI=1S/C15H12IN3O/c1-20-12-5-4-9-6-11(3-2-10(9)7-12)15-18-8-13(16)14(17)19-15/h2-8H,1H3,(H2,17,18,19). The first-order valence-corrected chi connectivity index (χ1v) is 7.11. The van der Waals surface area contributed by atoms with Crippen LogP contribution in [0.3, 0.4) is 0 Å². The number of nitrogen functional groups attached to an aromatic ring is 1. The molecular weight excluding hydrogens is 365 g/mol. The number of nitrogens with two attached hydrogens (primary N) is 1. The van der Waals surface area contributed by atoms with Crippen LogP contribution in [0.2, 0.25) is 0 Å². The van der Waals surface area contributed by atoms with Gasteiger partial charge in [-0.3, -0.25) is 0 Å². The molecule has 3 aromatic rings. The smallest absolute Gasteiger partial charge is 0.161 e. The fraction of sp³-hybridized carbons (Fsp3) is 0.0667. The summed E-state index contributed by atoms with van der Waals surface area (Å²) in [4.78, 5) is 8.64. The second-order valence-corrected chi connectivity index (χ2v) is 5.52. The first-order chi connectivity index (χ1) is 9.67. The third-order valence-corrected chi connectivity index (χ3v) is 3.91. The summed E-state index contributed by atoms with van der Waals surface area (Å²) >= 11 is 2.12. The summed E-state index contributed by atoms with van der Waals surface area (Å²) in [6, 6.07) is 12.0. The number of anilines is 1. The number of hydrogen-bond donors (Lipinski definition) is 1. The van der Waals surface area contributed by atoms with Crippen LogP contribution >= 0.6 is 22.6 Å². The summed E-state index contributed by atoms with van der Waals surface area (Å²) in [5.74, 6) is 1.99. The Balaban J connectivity index is 2.10. The summed E-state index contributed by atoms with van der Waals surface area (Å²) in [5, 5.41) is 2.23. The van der Waals surface area contributed by atoms with Gasteiger partial charge < -0.3 is 10.5 Å². The lowest BCUT2D eigenvalue weighted by molar-refractivity contribution is 0.415. The van der Waals surface area contributed by atoms with Crippen LogP contribution in [0, 0.1) is 3.57 Å². The Morgan fingerprint density at radius 2 is 1.85 bits per heavy atom. The van der Waals surface area contributed by atoms with Crippen LogP contribution in [0.4, 0.5) is 5.82 Å². The van der Waals surface area contributed by atoms with E-state index < -0.39 is 0 Å². The van der Waals surface area contributed by atoms with E-state index in [0.717, 1.165) is 25.7 Å². The Hall–Kier alpha value is -1.89.